The molecule has 1 aromatic heterocycles. The molecular formula is C30H32N4O4. The van der Waals surface area contributed by atoms with Crippen molar-refractivity contribution >= 4 is 17.6 Å². The van der Waals surface area contributed by atoms with Crippen LogP contribution in [0.15, 0.2) is 83.4 Å². The molecule has 0 aliphatic carbocycles. The molecule has 0 spiro atoms. The van der Waals surface area contributed by atoms with Gasteiger partial charge in [0.15, 0.2) is 0 Å². The standard InChI is InChI=1S/C30H32N4O4/c1-4-37-26(35)18-19-31-29(36)23-14-16-25(17-15-23)32-27(20(2)3)21-10-12-24(13-11-21)30-33-28(34-38-30)22-8-6-5-7-9-22/h5-17,20,27,32H,4,18-19H2,1-3H3,(H,31,36)/t27-/m0/s1. The molecule has 1 heterocycles. The number of nitrogens with one attached hydrogen (secondary N) is 2. The van der Waals surface area contributed by atoms with Crippen LogP contribution >= 0.6 is 0 Å². The van der Waals surface area contributed by atoms with Crippen molar-refractivity contribution in [3.8, 4) is 22.8 Å². The van der Waals surface area contributed by atoms with E-state index in [0.717, 1.165) is 22.4 Å². The molecule has 0 unspecified atom stereocenters. The molecule has 0 bridgehead atoms. The van der Waals surface area contributed by atoms with Crippen LogP contribution in [-0.2, 0) is 9.53 Å². The zero-order valence-electron chi connectivity index (χ0n) is 21.8. The zero-order chi connectivity index (χ0) is 26.9. The predicted octanol–water partition coefficient (Wildman–Crippen LogP) is 5.90. The van der Waals surface area contributed by atoms with Crippen molar-refractivity contribution in [2.24, 2.45) is 5.92 Å². The lowest BCUT2D eigenvalue weighted by atomic mass is 9.94. The molecule has 1 amide bonds. The summed E-state index contributed by atoms with van der Waals surface area (Å²) < 4.78 is 10.4. The van der Waals surface area contributed by atoms with Crippen molar-refractivity contribution in [2.75, 3.05) is 18.5 Å². The number of ether oxygens (including phenoxy) is 1. The van der Waals surface area contributed by atoms with E-state index < -0.39 is 0 Å². The molecule has 8 nitrogen and oxygen atoms in total. The molecule has 0 saturated heterocycles. The molecule has 0 saturated carbocycles. The minimum Gasteiger partial charge on any atom is -0.466 e. The minimum atomic E-state index is -0.325. The van der Waals surface area contributed by atoms with Crippen LogP contribution in [0.25, 0.3) is 22.8 Å². The molecule has 0 fully saturated rings. The summed E-state index contributed by atoms with van der Waals surface area (Å²) in [6.45, 7) is 6.63. The summed E-state index contributed by atoms with van der Waals surface area (Å²) >= 11 is 0. The van der Waals surface area contributed by atoms with Crippen LogP contribution in [0.3, 0.4) is 0 Å². The van der Waals surface area contributed by atoms with Gasteiger partial charge in [0, 0.05) is 28.9 Å². The highest BCUT2D eigenvalue weighted by Gasteiger charge is 2.17. The Hall–Kier alpha value is -4.46. The van der Waals surface area contributed by atoms with Crippen molar-refractivity contribution < 1.29 is 18.8 Å². The van der Waals surface area contributed by atoms with Gasteiger partial charge in [-0.25, -0.2) is 0 Å². The lowest BCUT2D eigenvalue weighted by molar-refractivity contribution is -0.142. The quantitative estimate of drug-likeness (QED) is 0.241. The monoisotopic (exact) mass is 512 g/mol. The fraction of sp³-hybridized carbons (Fsp3) is 0.267. The maximum Gasteiger partial charge on any atom is 0.307 e. The average molecular weight is 513 g/mol. The molecule has 2 N–H and O–H groups in total. The van der Waals surface area contributed by atoms with Crippen molar-refractivity contribution in [1.29, 1.82) is 0 Å². The Morgan fingerprint density at radius 1 is 0.921 bits per heavy atom. The van der Waals surface area contributed by atoms with Crippen LogP contribution in [0.2, 0.25) is 0 Å². The summed E-state index contributed by atoms with van der Waals surface area (Å²) in [6, 6.07) is 25.2. The minimum absolute atomic E-state index is 0.0517. The van der Waals surface area contributed by atoms with Crippen LogP contribution in [0.4, 0.5) is 5.69 Å². The molecule has 4 rings (SSSR count). The summed E-state index contributed by atoms with van der Waals surface area (Å²) in [6.07, 6.45) is 0.148. The van der Waals surface area contributed by atoms with Gasteiger partial charge in [-0.05, 0) is 54.8 Å². The second-order valence-corrected chi connectivity index (χ2v) is 9.17. The summed E-state index contributed by atoms with van der Waals surface area (Å²) in [5.41, 5.74) is 4.31. The maximum atomic E-state index is 12.4. The summed E-state index contributed by atoms with van der Waals surface area (Å²) in [7, 11) is 0. The number of nitrogens with zero attached hydrogens (tertiary/aromatic N) is 2. The first-order valence-electron chi connectivity index (χ1n) is 12.7. The largest absolute Gasteiger partial charge is 0.466 e. The first-order valence-corrected chi connectivity index (χ1v) is 12.7. The zero-order valence-corrected chi connectivity index (χ0v) is 21.8. The van der Waals surface area contributed by atoms with Crippen molar-refractivity contribution in [3.05, 3.63) is 90.0 Å². The summed E-state index contributed by atoms with van der Waals surface area (Å²) in [4.78, 5) is 28.3. The number of amides is 1. The Morgan fingerprint density at radius 3 is 2.29 bits per heavy atom. The lowest BCUT2D eigenvalue weighted by Gasteiger charge is -2.24. The molecule has 196 valence electrons. The Balaban J connectivity index is 1.38. The number of rotatable bonds is 11. The van der Waals surface area contributed by atoms with Gasteiger partial charge in [-0.2, -0.15) is 4.98 Å². The van der Waals surface area contributed by atoms with Gasteiger partial charge in [0.2, 0.25) is 5.82 Å². The number of anilines is 1. The van der Waals surface area contributed by atoms with Gasteiger partial charge >= 0.3 is 5.97 Å². The highest BCUT2D eigenvalue weighted by atomic mass is 16.5. The molecule has 0 aliphatic rings. The molecule has 0 radical (unpaired) electrons. The van der Waals surface area contributed by atoms with Crippen molar-refractivity contribution in [3.63, 3.8) is 0 Å². The van der Waals surface area contributed by atoms with Gasteiger partial charge in [-0.3, -0.25) is 9.59 Å². The van der Waals surface area contributed by atoms with Gasteiger partial charge in [-0.15, -0.1) is 0 Å². The van der Waals surface area contributed by atoms with Crippen LogP contribution in [-0.4, -0.2) is 35.2 Å². The highest BCUT2D eigenvalue weighted by Crippen LogP contribution is 2.29. The Morgan fingerprint density at radius 2 is 1.63 bits per heavy atom. The normalized spacial score (nSPS) is 11.7. The van der Waals surface area contributed by atoms with E-state index in [1.807, 2.05) is 54.6 Å². The predicted molar refractivity (Wildman–Crippen MR) is 146 cm³/mol. The van der Waals surface area contributed by atoms with Gasteiger partial charge in [-0.1, -0.05) is 61.5 Å². The summed E-state index contributed by atoms with van der Waals surface area (Å²) in [5, 5.41) is 10.4. The van der Waals surface area contributed by atoms with E-state index >= 15 is 0 Å². The number of hydrogen-bond acceptors (Lipinski definition) is 7. The third-order valence-corrected chi connectivity index (χ3v) is 6.03. The maximum absolute atomic E-state index is 12.4. The van der Waals surface area contributed by atoms with Gasteiger partial charge in [0.05, 0.1) is 19.1 Å². The molecule has 3 aromatic carbocycles. The van der Waals surface area contributed by atoms with Crippen molar-refractivity contribution in [2.45, 2.75) is 33.2 Å². The Kier molecular flexibility index (Phi) is 8.87. The third kappa shape index (κ3) is 6.85. The fourth-order valence-corrected chi connectivity index (χ4v) is 4.02. The van der Waals surface area contributed by atoms with Gasteiger partial charge in [0.25, 0.3) is 11.8 Å². The van der Waals surface area contributed by atoms with E-state index in [9.17, 15) is 9.59 Å². The molecule has 0 aliphatic heterocycles. The Bertz CT molecular complexity index is 1330. The number of hydrogen-bond donors (Lipinski definition) is 2. The van der Waals surface area contributed by atoms with E-state index in [1.54, 1.807) is 19.1 Å². The topological polar surface area (TPSA) is 106 Å². The molecule has 8 heteroatoms. The van der Waals surface area contributed by atoms with E-state index in [4.69, 9.17) is 9.26 Å². The number of carbonyl (C=O) groups excluding carboxylic acids is 2. The van der Waals surface area contributed by atoms with Crippen LogP contribution in [0, 0.1) is 5.92 Å². The molecule has 1 atom stereocenters. The smallest absolute Gasteiger partial charge is 0.307 e. The van der Waals surface area contributed by atoms with Crippen LogP contribution < -0.4 is 10.6 Å². The second kappa shape index (κ2) is 12.7. The molecular weight excluding hydrogens is 480 g/mol. The average Bonchev–Trinajstić information content (AvgIpc) is 3.43. The van der Waals surface area contributed by atoms with Gasteiger partial charge in [0.1, 0.15) is 0 Å². The van der Waals surface area contributed by atoms with E-state index in [2.05, 4.69) is 46.8 Å². The lowest BCUT2D eigenvalue weighted by Crippen LogP contribution is -2.26. The fourth-order valence-electron chi connectivity index (χ4n) is 4.02. The highest BCUT2D eigenvalue weighted by molar-refractivity contribution is 5.94. The van der Waals surface area contributed by atoms with Crippen molar-refractivity contribution in [1.82, 2.24) is 15.5 Å². The van der Waals surface area contributed by atoms with E-state index in [0.29, 0.717) is 29.8 Å². The number of benzene rings is 3. The van der Waals surface area contributed by atoms with E-state index in [-0.39, 0.29) is 30.9 Å². The second-order valence-electron chi connectivity index (χ2n) is 9.17. The first-order chi connectivity index (χ1) is 18.4. The van der Waals surface area contributed by atoms with Crippen LogP contribution in [0.1, 0.15) is 49.2 Å². The molecule has 38 heavy (non-hydrogen) atoms. The number of carbonyl (C=O) groups is 2. The molecule has 4 aromatic rings. The Labute approximate surface area is 222 Å². The van der Waals surface area contributed by atoms with Crippen LogP contribution in [0.5, 0.6) is 0 Å². The van der Waals surface area contributed by atoms with Gasteiger partial charge < -0.3 is 19.9 Å². The first kappa shape index (κ1) is 26.6. The van der Waals surface area contributed by atoms with E-state index in [1.165, 1.54) is 0 Å². The SMILES string of the molecule is CCOC(=O)CCNC(=O)c1ccc(N[C@H](c2ccc(-c3nc(-c4ccccc4)no3)cc2)C(C)C)cc1. The number of esters is 1. The summed E-state index contributed by atoms with van der Waals surface area (Å²) in [5.74, 6) is 0.783. The number of aromatic nitrogens is 2. The third-order valence-electron chi connectivity index (χ3n) is 6.03.